The highest BCUT2D eigenvalue weighted by Crippen LogP contribution is 2.50. The van der Waals surface area contributed by atoms with Crippen LogP contribution in [0.3, 0.4) is 0 Å². The van der Waals surface area contributed by atoms with Gasteiger partial charge in [-0.2, -0.15) is 0 Å². The largest absolute Gasteiger partial charge is 0.379 e. The molecule has 1 aliphatic heterocycles. The number of aromatic nitrogens is 2. The van der Waals surface area contributed by atoms with Crippen molar-refractivity contribution in [3.63, 3.8) is 0 Å². The summed E-state index contributed by atoms with van der Waals surface area (Å²) in [6, 6.07) is 9.59. The minimum absolute atomic E-state index is 0.154. The third-order valence-electron chi connectivity index (χ3n) is 4.92. The molecule has 2 heterocycles. The van der Waals surface area contributed by atoms with E-state index in [0.717, 1.165) is 36.3 Å². The molecule has 0 saturated heterocycles. The zero-order valence-electron chi connectivity index (χ0n) is 13.7. The number of nitrogens with one attached hydrogen (secondary N) is 1. The van der Waals surface area contributed by atoms with Crippen LogP contribution in [-0.4, -0.2) is 26.8 Å². The van der Waals surface area contributed by atoms with E-state index in [1.54, 1.807) is 30.2 Å². The van der Waals surface area contributed by atoms with Gasteiger partial charge in [0.05, 0.1) is 5.54 Å². The van der Waals surface area contributed by atoms with Gasteiger partial charge in [0.25, 0.3) is 5.91 Å². The van der Waals surface area contributed by atoms with Gasteiger partial charge in [-0.15, -0.1) is 0 Å². The Kier molecular flexibility index (Phi) is 4.17. The van der Waals surface area contributed by atoms with Crippen molar-refractivity contribution >= 4 is 28.5 Å². The number of carbonyl (C=O) groups is 1. The van der Waals surface area contributed by atoms with E-state index in [2.05, 4.69) is 21.4 Å². The van der Waals surface area contributed by atoms with Gasteiger partial charge in [0.15, 0.2) is 5.17 Å². The Bertz CT molecular complexity index is 825. The topological polar surface area (TPSA) is 93.3 Å². The van der Waals surface area contributed by atoms with Crippen molar-refractivity contribution in [3.05, 3.63) is 54.1 Å². The first kappa shape index (κ1) is 16.1. The average Bonchev–Trinajstić information content (AvgIpc) is 3.07. The molecule has 1 aliphatic carbocycles. The summed E-state index contributed by atoms with van der Waals surface area (Å²) in [5.74, 6) is 1.33. The lowest BCUT2D eigenvalue weighted by Crippen LogP contribution is -2.36. The summed E-state index contributed by atoms with van der Waals surface area (Å²) < 4.78 is 0. The number of rotatable bonds is 3. The molecule has 3 N–H and O–H groups in total. The van der Waals surface area contributed by atoms with Crippen LogP contribution in [0.25, 0.3) is 0 Å². The van der Waals surface area contributed by atoms with Gasteiger partial charge in [0, 0.05) is 23.8 Å². The van der Waals surface area contributed by atoms with Gasteiger partial charge in [-0.25, -0.2) is 9.97 Å². The van der Waals surface area contributed by atoms with E-state index in [9.17, 15) is 4.79 Å². The number of hydrogen-bond acceptors (Lipinski definition) is 6. The number of hydrogen-bond donors (Lipinski definition) is 2. The Morgan fingerprint density at radius 2 is 2.12 bits per heavy atom. The molecule has 2 aromatic rings. The smallest absolute Gasteiger partial charge is 0.293 e. The molecule has 7 heteroatoms. The number of thioether (sulfide) groups is 1. The molecule has 25 heavy (non-hydrogen) atoms. The predicted molar refractivity (Wildman–Crippen MR) is 99.5 cm³/mol. The van der Waals surface area contributed by atoms with E-state index in [1.165, 1.54) is 0 Å². The summed E-state index contributed by atoms with van der Waals surface area (Å²) in [4.78, 5) is 25.1. The fourth-order valence-corrected chi connectivity index (χ4v) is 4.80. The maximum Gasteiger partial charge on any atom is 0.293 e. The van der Waals surface area contributed by atoms with Crippen molar-refractivity contribution in [1.29, 1.82) is 0 Å². The van der Waals surface area contributed by atoms with Crippen LogP contribution in [-0.2, 0) is 5.54 Å². The SMILES string of the molecule is NC1=NC2(c3cccc(NC(=O)c4ncccn4)c3)CCCC2CS1. The number of anilines is 1. The average molecular weight is 353 g/mol. The van der Waals surface area contributed by atoms with E-state index >= 15 is 0 Å². The third kappa shape index (κ3) is 3.00. The fourth-order valence-electron chi connectivity index (χ4n) is 3.76. The summed E-state index contributed by atoms with van der Waals surface area (Å²) >= 11 is 1.64. The number of fused-ring (bicyclic) bond motifs is 1. The van der Waals surface area contributed by atoms with Crippen LogP contribution < -0.4 is 11.1 Å². The van der Waals surface area contributed by atoms with Crippen LogP contribution in [0.2, 0.25) is 0 Å². The number of benzene rings is 1. The number of carbonyl (C=O) groups excluding carboxylic acids is 1. The molecule has 0 bridgehead atoms. The molecule has 128 valence electrons. The van der Waals surface area contributed by atoms with E-state index in [0.29, 0.717) is 11.1 Å². The highest BCUT2D eigenvalue weighted by molar-refractivity contribution is 8.13. The molecule has 2 unspecified atom stereocenters. The zero-order valence-corrected chi connectivity index (χ0v) is 14.5. The molecule has 1 saturated carbocycles. The Morgan fingerprint density at radius 1 is 1.28 bits per heavy atom. The van der Waals surface area contributed by atoms with Crippen molar-refractivity contribution in [2.45, 2.75) is 24.8 Å². The molecule has 6 nitrogen and oxygen atoms in total. The van der Waals surface area contributed by atoms with E-state index in [-0.39, 0.29) is 17.3 Å². The van der Waals surface area contributed by atoms with Gasteiger partial charge >= 0.3 is 0 Å². The van der Waals surface area contributed by atoms with E-state index in [1.807, 2.05) is 18.2 Å². The van der Waals surface area contributed by atoms with Gasteiger partial charge in [-0.05, 0) is 42.5 Å². The normalized spacial score (nSPS) is 25.1. The van der Waals surface area contributed by atoms with Gasteiger partial charge in [-0.1, -0.05) is 30.3 Å². The lowest BCUT2D eigenvalue weighted by atomic mass is 9.81. The molecule has 2 atom stereocenters. The van der Waals surface area contributed by atoms with Crippen molar-refractivity contribution in [2.75, 3.05) is 11.1 Å². The monoisotopic (exact) mass is 353 g/mol. The number of amides is 1. The van der Waals surface area contributed by atoms with Gasteiger partial charge in [-0.3, -0.25) is 9.79 Å². The summed E-state index contributed by atoms with van der Waals surface area (Å²) in [7, 11) is 0. The number of nitrogens with zero attached hydrogens (tertiary/aromatic N) is 3. The maximum absolute atomic E-state index is 12.3. The second kappa shape index (κ2) is 6.48. The molecule has 1 amide bonds. The molecule has 0 spiro atoms. The van der Waals surface area contributed by atoms with Crippen LogP contribution in [0.15, 0.2) is 47.7 Å². The first-order valence-electron chi connectivity index (χ1n) is 8.34. The molecular formula is C18H19N5OS. The lowest BCUT2D eigenvalue weighted by molar-refractivity contribution is 0.101. The first-order chi connectivity index (χ1) is 12.2. The van der Waals surface area contributed by atoms with E-state index in [4.69, 9.17) is 10.7 Å². The lowest BCUT2D eigenvalue weighted by Gasteiger charge is -2.36. The molecular weight excluding hydrogens is 334 g/mol. The quantitative estimate of drug-likeness (QED) is 0.885. The standard InChI is InChI=1S/C18H19N5OS/c19-17-23-18(7-2-5-13(18)11-25-17)12-4-1-6-14(10-12)22-16(24)15-20-8-3-9-21-15/h1,3-4,6,8-10,13H,2,5,7,11H2,(H2,19,23)(H,22,24). The second-order valence-corrected chi connectivity index (χ2v) is 7.42. The van der Waals surface area contributed by atoms with Crippen LogP contribution in [0.4, 0.5) is 5.69 Å². The fraction of sp³-hybridized carbons (Fsp3) is 0.333. The molecule has 1 fully saturated rings. The molecule has 0 radical (unpaired) electrons. The summed E-state index contributed by atoms with van der Waals surface area (Å²) in [5, 5.41) is 3.53. The van der Waals surface area contributed by atoms with Crippen molar-refractivity contribution in [2.24, 2.45) is 16.6 Å². The van der Waals surface area contributed by atoms with Crippen LogP contribution in [0.1, 0.15) is 35.4 Å². The minimum Gasteiger partial charge on any atom is -0.379 e. The maximum atomic E-state index is 12.3. The third-order valence-corrected chi connectivity index (χ3v) is 5.87. The Labute approximate surface area is 150 Å². The Hall–Kier alpha value is -2.41. The second-order valence-electron chi connectivity index (χ2n) is 6.38. The first-order valence-corrected chi connectivity index (χ1v) is 9.33. The highest BCUT2D eigenvalue weighted by atomic mass is 32.2. The minimum atomic E-state index is -0.319. The number of aliphatic imine (C=N–C) groups is 1. The number of nitrogens with two attached hydrogens (primary N) is 1. The van der Waals surface area contributed by atoms with Crippen LogP contribution >= 0.6 is 11.8 Å². The summed E-state index contributed by atoms with van der Waals surface area (Å²) in [6.07, 6.45) is 6.42. The number of amidine groups is 1. The van der Waals surface area contributed by atoms with Crippen LogP contribution in [0, 0.1) is 5.92 Å². The zero-order chi connectivity index (χ0) is 17.3. The van der Waals surface area contributed by atoms with Crippen molar-refractivity contribution < 1.29 is 4.79 Å². The molecule has 1 aromatic heterocycles. The molecule has 4 rings (SSSR count). The summed E-state index contributed by atoms with van der Waals surface area (Å²) in [6.45, 7) is 0. The van der Waals surface area contributed by atoms with Gasteiger partial charge in [0.1, 0.15) is 0 Å². The van der Waals surface area contributed by atoms with Gasteiger partial charge in [0.2, 0.25) is 5.82 Å². The predicted octanol–water partition coefficient (Wildman–Crippen LogP) is 2.79. The van der Waals surface area contributed by atoms with Crippen molar-refractivity contribution in [3.8, 4) is 0 Å². The van der Waals surface area contributed by atoms with E-state index < -0.39 is 0 Å². The molecule has 1 aromatic carbocycles. The van der Waals surface area contributed by atoms with Gasteiger partial charge < -0.3 is 11.1 Å². The molecule has 2 aliphatic rings. The van der Waals surface area contributed by atoms with Crippen LogP contribution in [0.5, 0.6) is 0 Å². The summed E-state index contributed by atoms with van der Waals surface area (Å²) in [5.41, 5.74) is 7.62. The Morgan fingerprint density at radius 3 is 2.96 bits per heavy atom. The Balaban J connectivity index is 1.64. The highest BCUT2D eigenvalue weighted by Gasteiger charge is 2.46. The van der Waals surface area contributed by atoms with Crippen molar-refractivity contribution in [1.82, 2.24) is 9.97 Å².